The Bertz CT molecular complexity index is 306. The lowest BCUT2D eigenvalue weighted by Crippen LogP contribution is -2.59. The van der Waals surface area contributed by atoms with E-state index in [1.54, 1.807) is 0 Å². The second kappa shape index (κ2) is 9.29. The number of ether oxygens (including phenoxy) is 1. The van der Waals surface area contributed by atoms with Crippen LogP contribution in [0.15, 0.2) is 0 Å². The monoisotopic (exact) mass is 287 g/mol. The van der Waals surface area contributed by atoms with Gasteiger partial charge in [-0.15, -0.1) is 12.3 Å². The first kappa shape index (κ1) is 17.4. The molecule has 1 saturated heterocycles. The van der Waals surface area contributed by atoms with Crippen LogP contribution < -0.4 is 5.32 Å². The van der Waals surface area contributed by atoms with Gasteiger partial charge in [0, 0.05) is 13.0 Å². The van der Waals surface area contributed by atoms with Crippen molar-refractivity contribution in [3.8, 4) is 12.3 Å². The molecule has 1 aliphatic heterocycles. The van der Waals surface area contributed by atoms with Crippen LogP contribution >= 0.6 is 0 Å². The maximum atomic E-state index is 9.72. The molecule has 116 valence electrons. The number of nitrogens with one attached hydrogen (secondary N) is 1. The molecule has 0 radical (unpaired) electrons. The number of hydrogen-bond acceptors (Lipinski definition) is 6. The zero-order valence-corrected chi connectivity index (χ0v) is 11.6. The number of unbranched alkanes of at least 4 members (excludes halogenated alkanes) is 4. The summed E-state index contributed by atoms with van der Waals surface area (Å²) in [5, 5.41) is 41.0. The minimum atomic E-state index is -1.47. The predicted molar refractivity (Wildman–Crippen MR) is 73.7 cm³/mol. The Morgan fingerprint density at radius 3 is 2.35 bits per heavy atom. The van der Waals surface area contributed by atoms with Crippen LogP contribution in [0.25, 0.3) is 0 Å². The highest BCUT2D eigenvalue weighted by atomic mass is 16.6. The second-order valence-corrected chi connectivity index (χ2v) is 5.11. The fourth-order valence-corrected chi connectivity index (χ4v) is 2.17. The summed E-state index contributed by atoms with van der Waals surface area (Å²) in [5.74, 6) is 2.60. The first-order chi connectivity index (χ1) is 9.57. The summed E-state index contributed by atoms with van der Waals surface area (Å²) in [6.07, 6.45) is 3.89. The molecule has 6 nitrogen and oxygen atoms in total. The van der Waals surface area contributed by atoms with Crippen molar-refractivity contribution in [2.75, 3.05) is 13.1 Å². The van der Waals surface area contributed by atoms with Crippen LogP contribution in [0.4, 0.5) is 0 Å². The molecule has 1 fully saturated rings. The molecule has 1 rings (SSSR count). The van der Waals surface area contributed by atoms with Crippen LogP contribution in [0, 0.1) is 12.3 Å². The molecule has 0 aromatic heterocycles. The van der Waals surface area contributed by atoms with Crippen molar-refractivity contribution in [3.05, 3.63) is 0 Å². The van der Waals surface area contributed by atoms with Crippen LogP contribution in [0.2, 0.25) is 0 Å². The van der Waals surface area contributed by atoms with Gasteiger partial charge >= 0.3 is 0 Å². The Morgan fingerprint density at radius 1 is 0.950 bits per heavy atom. The highest BCUT2D eigenvalue weighted by molar-refractivity contribution is 4.89. The van der Waals surface area contributed by atoms with Gasteiger partial charge in [-0.3, -0.25) is 0 Å². The van der Waals surface area contributed by atoms with Gasteiger partial charge in [0.15, 0.2) is 6.29 Å². The Kier molecular flexibility index (Phi) is 8.07. The number of aliphatic hydroxyl groups is 4. The molecule has 0 aromatic carbocycles. The Labute approximate surface area is 119 Å². The van der Waals surface area contributed by atoms with Crippen molar-refractivity contribution < 1.29 is 25.2 Å². The molecule has 5 N–H and O–H groups in total. The van der Waals surface area contributed by atoms with Crippen LogP contribution in [-0.4, -0.2) is 64.2 Å². The van der Waals surface area contributed by atoms with E-state index in [4.69, 9.17) is 11.2 Å². The second-order valence-electron chi connectivity index (χ2n) is 5.11. The number of hydrogen-bond donors (Lipinski definition) is 5. The van der Waals surface area contributed by atoms with Crippen LogP contribution in [0.3, 0.4) is 0 Å². The molecule has 5 atom stereocenters. The zero-order chi connectivity index (χ0) is 15.0. The average Bonchev–Trinajstić information content (AvgIpc) is 2.44. The van der Waals surface area contributed by atoms with Crippen molar-refractivity contribution in [2.45, 2.75) is 62.8 Å². The molecule has 20 heavy (non-hydrogen) atoms. The topological polar surface area (TPSA) is 102 Å². The molecule has 6 heteroatoms. The third-order valence-corrected chi connectivity index (χ3v) is 3.46. The highest BCUT2D eigenvalue weighted by Crippen LogP contribution is 2.19. The summed E-state index contributed by atoms with van der Waals surface area (Å²) in [7, 11) is 0. The van der Waals surface area contributed by atoms with E-state index in [1.807, 2.05) is 0 Å². The third-order valence-electron chi connectivity index (χ3n) is 3.46. The lowest BCUT2D eigenvalue weighted by atomic mass is 9.99. The lowest BCUT2D eigenvalue weighted by Gasteiger charge is -2.38. The molecule has 0 saturated carbocycles. The number of terminal acetylenes is 1. The highest BCUT2D eigenvalue weighted by Gasteiger charge is 2.42. The van der Waals surface area contributed by atoms with Gasteiger partial charge in [0.1, 0.15) is 24.4 Å². The number of rotatable bonds is 8. The normalized spacial score (nSPS) is 33.9. The molecule has 0 amide bonds. The van der Waals surface area contributed by atoms with E-state index in [9.17, 15) is 20.4 Å². The van der Waals surface area contributed by atoms with Gasteiger partial charge in [0.25, 0.3) is 0 Å². The van der Waals surface area contributed by atoms with Gasteiger partial charge < -0.3 is 30.5 Å². The lowest BCUT2D eigenvalue weighted by molar-refractivity contribution is -0.280. The SMILES string of the molecule is C#CCCCCCCNCC1OC(O)[C@H](O)[C@@H](O)[C@H]1O. The van der Waals surface area contributed by atoms with Crippen LogP contribution in [0.1, 0.15) is 32.1 Å². The van der Waals surface area contributed by atoms with Gasteiger partial charge in [-0.05, 0) is 19.4 Å². The molecule has 1 heterocycles. The maximum Gasteiger partial charge on any atom is 0.184 e. The molecule has 0 spiro atoms. The van der Waals surface area contributed by atoms with E-state index >= 15 is 0 Å². The van der Waals surface area contributed by atoms with Gasteiger partial charge in [-0.25, -0.2) is 0 Å². The minimum Gasteiger partial charge on any atom is -0.388 e. The predicted octanol–water partition coefficient (Wildman–Crippen LogP) is -1.04. The molecular formula is C14H25NO5. The fourth-order valence-electron chi connectivity index (χ4n) is 2.17. The zero-order valence-electron chi connectivity index (χ0n) is 11.6. The van der Waals surface area contributed by atoms with Crippen molar-refractivity contribution in [1.29, 1.82) is 0 Å². The molecular weight excluding hydrogens is 262 g/mol. The summed E-state index contributed by atoms with van der Waals surface area (Å²) in [6.45, 7) is 1.07. The molecule has 2 unspecified atom stereocenters. The maximum absolute atomic E-state index is 9.72. The molecule has 0 bridgehead atoms. The largest absolute Gasteiger partial charge is 0.388 e. The molecule has 0 aromatic rings. The van der Waals surface area contributed by atoms with E-state index in [2.05, 4.69) is 11.2 Å². The molecule has 0 aliphatic carbocycles. The smallest absolute Gasteiger partial charge is 0.184 e. The summed E-state index contributed by atoms with van der Waals surface area (Å²) in [5.41, 5.74) is 0. The summed E-state index contributed by atoms with van der Waals surface area (Å²) >= 11 is 0. The van der Waals surface area contributed by atoms with E-state index < -0.39 is 30.7 Å². The quantitative estimate of drug-likeness (QED) is 0.289. The fraction of sp³-hybridized carbons (Fsp3) is 0.857. The van der Waals surface area contributed by atoms with E-state index in [-0.39, 0.29) is 0 Å². The summed E-state index contributed by atoms with van der Waals surface area (Å²) in [4.78, 5) is 0. The van der Waals surface area contributed by atoms with Gasteiger partial charge in [0.05, 0.1) is 0 Å². The van der Waals surface area contributed by atoms with Crippen molar-refractivity contribution >= 4 is 0 Å². The number of aliphatic hydroxyl groups excluding tert-OH is 4. The van der Waals surface area contributed by atoms with Gasteiger partial charge in [-0.1, -0.05) is 12.8 Å². The third kappa shape index (κ3) is 5.37. The van der Waals surface area contributed by atoms with Crippen molar-refractivity contribution in [2.24, 2.45) is 0 Å². The van der Waals surface area contributed by atoms with E-state index in [0.29, 0.717) is 6.54 Å². The van der Waals surface area contributed by atoms with Crippen LogP contribution in [0.5, 0.6) is 0 Å². The Balaban J connectivity index is 2.11. The van der Waals surface area contributed by atoms with Crippen molar-refractivity contribution in [1.82, 2.24) is 5.32 Å². The average molecular weight is 287 g/mol. The Morgan fingerprint density at radius 2 is 1.65 bits per heavy atom. The summed E-state index contributed by atoms with van der Waals surface area (Å²) < 4.78 is 5.05. The first-order valence-electron chi connectivity index (χ1n) is 7.10. The van der Waals surface area contributed by atoms with Gasteiger partial charge in [0.2, 0.25) is 0 Å². The van der Waals surface area contributed by atoms with Crippen LogP contribution in [-0.2, 0) is 4.74 Å². The van der Waals surface area contributed by atoms with Crippen molar-refractivity contribution in [3.63, 3.8) is 0 Å². The first-order valence-corrected chi connectivity index (χ1v) is 7.10. The standard InChI is InChI=1S/C14H25NO5/c1-2-3-4-5-6-7-8-15-9-10-11(16)12(17)13(18)14(19)20-10/h1,10-19H,3-9H2/t10?,11-,12-,13+,14?/m0/s1. The summed E-state index contributed by atoms with van der Waals surface area (Å²) in [6, 6.07) is 0. The van der Waals surface area contributed by atoms with Gasteiger partial charge in [-0.2, -0.15) is 0 Å². The Hall–Kier alpha value is -0.680. The molecule has 1 aliphatic rings. The van der Waals surface area contributed by atoms with E-state index in [0.717, 1.165) is 38.6 Å². The minimum absolute atomic E-state index is 0.312. The van der Waals surface area contributed by atoms with E-state index in [1.165, 1.54) is 0 Å².